The summed E-state index contributed by atoms with van der Waals surface area (Å²) in [5.74, 6) is -0.282. The molecule has 1 N–H and O–H groups in total. The van der Waals surface area contributed by atoms with Crippen LogP contribution in [0.4, 0.5) is 10.1 Å². The first-order chi connectivity index (χ1) is 9.66. The van der Waals surface area contributed by atoms with E-state index in [4.69, 9.17) is 12.2 Å². The van der Waals surface area contributed by atoms with Crippen molar-refractivity contribution in [3.8, 4) is 0 Å². The van der Waals surface area contributed by atoms with Gasteiger partial charge in [0, 0.05) is 11.4 Å². The Kier molecular flexibility index (Phi) is 3.72. The second kappa shape index (κ2) is 5.50. The summed E-state index contributed by atoms with van der Waals surface area (Å²) in [6.07, 6.45) is 0.996. The van der Waals surface area contributed by atoms with Gasteiger partial charge in [-0.2, -0.15) is 0 Å². The van der Waals surface area contributed by atoms with Gasteiger partial charge in [0.2, 0.25) is 0 Å². The van der Waals surface area contributed by atoms with Gasteiger partial charge < -0.3 is 10.2 Å². The molecule has 0 radical (unpaired) electrons. The molecule has 0 saturated carbocycles. The number of thiocarbonyl (C=S) groups is 1. The summed E-state index contributed by atoms with van der Waals surface area (Å²) in [6, 6.07) is 8.99. The molecule has 3 rings (SSSR count). The third kappa shape index (κ3) is 2.43. The molecule has 2 nitrogen and oxygen atoms in total. The molecule has 0 aliphatic carbocycles. The van der Waals surface area contributed by atoms with Crippen molar-refractivity contribution in [3.63, 3.8) is 0 Å². The number of nitrogens with zero attached hydrogens (tertiary/aromatic N) is 1. The summed E-state index contributed by atoms with van der Waals surface area (Å²) in [5.41, 5.74) is 1.76. The highest BCUT2D eigenvalue weighted by Crippen LogP contribution is 2.33. The number of hydrogen-bond donors (Lipinski definition) is 1. The van der Waals surface area contributed by atoms with Crippen LogP contribution in [-0.4, -0.2) is 16.6 Å². The van der Waals surface area contributed by atoms with Crippen LogP contribution in [0, 0.1) is 5.82 Å². The van der Waals surface area contributed by atoms with Crippen LogP contribution in [0.1, 0.15) is 23.4 Å². The van der Waals surface area contributed by atoms with Crippen LogP contribution < -0.4 is 5.32 Å². The van der Waals surface area contributed by atoms with Gasteiger partial charge in [0.05, 0.1) is 11.7 Å². The highest BCUT2D eigenvalue weighted by atomic mass is 32.1. The van der Waals surface area contributed by atoms with Gasteiger partial charge in [0.25, 0.3) is 0 Å². The van der Waals surface area contributed by atoms with Gasteiger partial charge in [-0.25, -0.2) is 4.39 Å². The van der Waals surface area contributed by atoms with E-state index in [9.17, 15) is 4.39 Å². The molecule has 0 fully saturated rings. The minimum absolute atomic E-state index is 0.233. The molecule has 1 aliphatic heterocycles. The zero-order valence-electron chi connectivity index (χ0n) is 11.1. The zero-order chi connectivity index (χ0) is 14.1. The number of benzene rings is 1. The Balaban J connectivity index is 1.77. The molecule has 0 unspecified atom stereocenters. The number of nitrogens with one attached hydrogen (secondary N) is 1. The highest BCUT2D eigenvalue weighted by Gasteiger charge is 2.26. The quantitative estimate of drug-likeness (QED) is 0.795. The number of halogens is 1. The lowest BCUT2D eigenvalue weighted by Crippen LogP contribution is -2.40. The fraction of sp³-hybridized carbons (Fsp3) is 0.267. The van der Waals surface area contributed by atoms with Gasteiger partial charge in [-0.1, -0.05) is 12.1 Å². The number of thiophene rings is 1. The molecular formula is C15H15FN2S2. The molecule has 1 atom stereocenters. The first-order valence-electron chi connectivity index (χ1n) is 6.55. The van der Waals surface area contributed by atoms with E-state index in [2.05, 4.69) is 28.6 Å². The summed E-state index contributed by atoms with van der Waals surface area (Å²) in [6.45, 7) is 3.01. The predicted octanol–water partition coefficient (Wildman–Crippen LogP) is 4.20. The smallest absolute Gasteiger partial charge is 0.174 e. The second-order valence-corrected chi connectivity index (χ2v) is 6.22. The van der Waals surface area contributed by atoms with Crippen LogP contribution in [0.5, 0.6) is 0 Å². The summed E-state index contributed by atoms with van der Waals surface area (Å²) in [7, 11) is 0. The van der Waals surface area contributed by atoms with E-state index >= 15 is 0 Å². The normalized spacial score (nSPS) is 17.7. The molecule has 2 aromatic rings. The molecule has 1 aliphatic rings. The lowest BCUT2D eigenvalue weighted by molar-refractivity contribution is 0.326. The lowest BCUT2D eigenvalue weighted by Gasteiger charge is -2.35. The third-order valence-corrected chi connectivity index (χ3v) is 4.99. The maximum Gasteiger partial charge on any atom is 0.174 e. The van der Waals surface area contributed by atoms with E-state index in [0.717, 1.165) is 13.0 Å². The zero-order valence-corrected chi connectivity index (χ0v) is 12.7. The largest absolute Gasteiger partial charge is 0.342 e. The van der Waals surface area contributed by atoms with Crippen molar-refractivity contribution in [2.24, 2.45) is 0 Å². The van der Waals surface area contributed by atoms with Crippen LogP contribution in [0.15, 0.2) is 35.7 Å². The number of fused-ring (bicyclic) bond motifs is 1. The fourth-order valence-corrected chi connectivity index (χ4v) is 3.86. The van der Waals surface area contributed by atoms with Crippen LogP contribution >= 0.6 is 23.6 Å². The van der Waals surface area contributed by atoms with Gasteiger partial charge in [0.15, 0.2) is 5.11 Å². The SMILES string of the molecule is C[C@H]1c2ccsc2CCN1C(=S)Nc1ccccc1F. The molecule has 0 spiro atoms. The minimum Gasteiger partial charge on any atom is -0.342 e. The van der Waals surface area contributed by atoms with Crippen molar-refractivity contribution >= 4 is 34.4 Å². The van der Waals surface area contributed by atoms with E-state index in [1.165, 1.54) is 16.5 Å². The topological polar surface area (TPSA) is 15.3 Å². The Bertz CT molecular complexity index is 638. The van der Waals surface area contributed by atoms with E-state index in [1.807, 2.05) is 0 Å². The standard InChI is InChI=1S/C15H15FN2S2/c1-10-11-7-9-20-14(11)6-8-18(10)15(19)17-13-5-3-2-4-12(13)16/h2-5,7,9-10H,6,8H2,1H3,(H,17,19)/t10-/m0/s1. The average molecular weight is 306 g/mol. The maximum absolute atomic E-state index is 13.7. The Hall–Kier alpha value is -1.46. The monoisotopic (exact) mass is 306 g/mol. The van der Waals surface area contributed by atoms with Crippen LogP contribution in [-0.2, 0) is 6.42 Å². The summed E-state index contributed by atoms with van der Waals surface area (Å²) in [5, 5.41) is 5.72. The molecular weight excluding hydrogens is 291 g/mol. The summed E-state index contributed by atoms with van der Waals surface area (Å²) in [4.78, 5) is 3.55. The number of para-hydroxylation sites is 1. The fourth-order valence-electron chi connectivity index (χ4n) is 2.54. The highest BCUT2D eigenvalue weighted by molar-refractivity contribution is 7.80. The number of hydrogen-bond acceptors (Lipinski definition) is 2. The van der Waals surface area contributed by atoms with E-state index < -0.39 is 0 Å². The second-order valence-electron chi connectivity index (χ2n) is 4.83. The Morgan fingerprint density at radius 2 is 2.20 bits per heavy atom. The van der Waals surface area contributed by atoms with Gasteiger partial charge in [-0.05, 0) is 54.7 Å². The van der Waals surface area contributed by atoms with Crippen LogP contribution in [0.3, 0.4) is 0 Å². The molecule has 1 aromatic heterocycles. The van der Waals surface area contributed by atoms with Crippen molar-refractivity contribution in [1.82, 2.24) is 4.90 Å². The predicted molar refractivity (Wildman–Crippen MR) is 85.8 cm³/mol. The molecule has 0 saturated heterocycles. The Morgan fingerprint density at radius 1 is 1.40 bits per heavy atom. The molecule has 20 heavy (non-hydrogen) atoms. The first kappa shape index (κ1) is 13.5. The van der Waals surface area contributed by atoms with Crippen molar-refractivity contribution in [3.05, 3.63) is 52.0 Å². The van der Waals surface area contributed by atoms with Crippen molar-refractivity contribution in [2.75, 3.05) is 11.9 Å². The van der Waals surface area contributed by atoms with Crippen molar-refractivity contribution in [1.29, 1.82) is 0 Å². The molecule has 5 heteroatoms. The van der Waals surface area contributed by atoms with Crippen LogP contribution in [0.2, 0.25) is 0 Å². The van der Waals surface area contributed by atoms with Gasteiger partial charge in [-0.3, -0.25) is 0 Å². The Morgan fingerprint density at radius 3 is 3.00 bits per heavy atom. The maximum atomic E-state index is 13.7. The molecule has 0 amide bonds. The average Bonchev–Trinajstić information content (AvgIpc) is 2.91. The Labute approximate surface area is 127 Å². The molecule has 0 bridgehead atoms. The lowest BCUT2D eigenvalue weighted by atomic mass is 10.0. The number of rotatable bonds is 1. The molecule has 104 valence electrons. The van der Waals surface area contributed by atoms with Crippen molar-refractivity contribution in [2.45, 2.75) is 19.4 Å². The molecule has 1 aromatic carbocycles. The summed E-state index contributed by atoms with van der Waals surface area (Å²) >= 11 is 7.25. The number of anilines is 1. The van der Waals surface area contributed by atoms with Gasteiger partial charge >= 0.3 is 0 Å². The van der Waals surface area contributed by atoms with Gasteiger partial charge in [0.1, 0.15) is 5.82 Å². The minimum atomic E-state index is -0.282. The van der Waals surface area contributed by atoms with Crippen LogP contribution in [0.25, 0.3) is 0 Å². The first-order valence-corrected chi connectivity index (χ1v) is 7.84. The van der Waals surface area contributed by atoms with Gasteiger partial charge in [-0.15, -0.1) is 11.3 Å². The van der Waals surface area contributed by atoms with E-state index in [1.54, 1.807) is 29.5 Å². The molecule has 2 heterocycles. The van der Waals surface area contributed by atoms with E-state index in [-0.39, 0.29) is 11.9 Å². The van der Waals surface area contributed by atoms with E-state index in [0.29, 0.717) is 10.8 Å². The summed E-state index contributed by atoms with van der Waals surface area (Å²) < 4.78 is 13.7. The van der Waals surface area contributed by atoms with Crippen molar-refractivity contribution < 1.29 is 4.39 Å². The third-order valence-electron chi connectivity index (χ3n) is 3.65.